The molecular formula is C17H21N5O. The largest absolute Gasteiger partial charge is 0.307 e. The number of carbonyl (C=O) groups excluding carboxylic acids is 1. The summed E-state index contributed by atoms with van der Waals surface area (Å²) >= 11 is 0. The van der Waals surface area contributed by atoms with E-state index in [1.165, 1.54) is 5.56 Å². The first kappa shape index (κ1) is 14.4. The summed E-state index contributed by atoms with van der Waals surface area (Å²) in [6.07, 6.45) is 2.77. The highest BCUT2D eigenvalue weighted by molar-refractivity contribution is 5.97. The molecule has 2 fully saturated rings. The van der Waals surface area contributed by atoms with Crippen LogP contribution in [0.25, 0.3) is 0 Å². The molecule has 0 bridgehead atoms. The SMILES string of the molecule is CCn1cc(NC(=O)[C@]23C[C@H]2CN(Cc2ccccc2)C3)nn1. The van der Waals surface area contributed by atoms with Gasteiger partial charge in [0.2, 0.25) is 5.91 Å². The molecule has 1 aliphatic heterocycles. The minimum absolute atomic E-state index is 0.0983. The quantitative estimate of drug-likeness (QED) is 0.914. The second-order valence-corrected chi connectivity index (χ2v) is 6.63. The lowest BCUT2D eigenvalue weighted by atomic mass is 10.1. The van der Waals surface area contributed by atoms with E-state index in [1.54, 1.807) is 10.9 Å². The number of nitrogens with one attached hydrogen (secondary N) is 1. The first-order chi connectivity index (χ1) is 11.2. The van der Waals surface area contributed by atoms with Crippen LogP contribution < -0.4 is 5.32 Å². The second kappa shape index (κ2) is 5.45. The molecule has 1 aromatic heterocycles. The number of carbonyl (C=O) groups is 1. The molecular weight excluding hydrogens is 290 g/mol. The normalized spacial score (nSPS) is 26.0. The Hall–Kier alpha value is -2.21. The Bertz CT molecular complexity index is 713. The van der Waals surface area contributed by atoms with Gasteiger partial charge < -0.3 is 5.32 Å². The fourth-order valence-corrected chi connectivity index (χ4v) is 3.65. The Labute approximate surface area is 135 Å². The van der Waals surface area contributed by atoms with Crippen molar-refractivity contribution in [3.63, 3.8) is 0 Å². The minimum Gasteiger partial charge on any atom is -0.307 e. The van der Waals surface area contributed by atoms with Gasteiger partial charge in [0.15, 0.2) is 5.82 Å². The van der Waals surface area contributed by atoms with Crippen LogP contribution in [0.2, 0.25) is 0 Å². The summed E-state index contributed by atoms with van der Waals surface area (Å²) in [5.41, 5.74) is 1.08. The highest BCUT2D eigenvalue weighted by Gasteiger charge is 2.64. The van der Waals surface area contributed by atoms with Gasteiger partial charge >= 0.3 is 0 Å². The molecule has 2 aliphatic rings. The zero-order valence-corrected chi connectivity index (χ0v) is 13.3. The van der Waals surface area contributed by atoms with Crippen molar-refractivity contribution in [1.82, 2.24) is 19.9 Å². The molecule has 0 spiro atoms. The molecule has 1 saturated carbocycles. The number of rotatable bonds is 5. The van der Waals surface area contributed by atoms with E-state index in [4.69, 9.17) is 0 Å². The zero-order valence-electron chi connectivity index (χ0n) is 13.3. The first-order valence-electron chi connectivity index (χ1n) is 8.17. The Morgan fingerprint density at radius 3 is 2.96 bits per heavy atom. The molecule has 1 N–H and O–H groups in total. The standard InChI is InChI=1S/C17H21N5O/c1-2-22-11-15(19-20-22)18-16(23)17-8-14(17)10-21(12-17)9-13-6-4-3-5-7-13/h3-7,11,14H,2,8-10,12H2,1H3,(H,18,23)/t14-,17-/m0/s1. The summed E-state index contributed by atoms with van der Waals surface area (Å²) in [7, 11) is 0. The summed E-state index contributed by atoms with van der Waals surface area (Å²) in [5.74, 6) is 1.13. The van der Waals surface area contributed by atoms with E-state index in [9.17, 15) is 4.79 Å². The van der Waals surface area contributed by atoms with Crippen LogP contribution in [0.3, 0.4) is 0 Å². The van der Waals surface area contributed by atoms with Crippen LogP contribution in [-0.4, -0.2) is 38.9 Å². The topological polar surface area (TPSA) is 63.1 Å². The molecule has 0 radical (unpaired) electrons. The number of aryl methyl sites for hydroxylation is 1. The number of benzene rings is 1. The van der Waals surface area contributed by atoms with E-state index in [0.717, 1.165) is 32.6 Å². The van der Waals surface area contributed by atoms with E-state index in [-0.39, 0.29) is 11.3 Å². The number of anilines is 1. The number of aromatic nitrogens is 3. The predicted molar refractivity (Wildman–Crippen MR) is 86.6 cm³/mol. The molecule has 4 rings (SSSR count). The molecule has 0 unspecified atom stereocenters. The van der Waals surface area contributed by atoms with Crippen LogP contribution in [0.5, 0.6) is 0 Å². The molecule has 6 heteroatoms. The average Bonchev–Trinajstić information content (AvgIpc) is 2.93. The second-order valence-electron chi connectivity index (χ2n) is 6.63. The maximum Gasteiger partial charge on any atom is 0.233 e. The van der Waals surface area contributed by atoms with Crippen molar-refractivity contribution in [2.45, 2.75) is 26.4 Å². The number of nitrogens with zero attached hydrogens (tertiary/aromatic N) is 4. The number of piperidine rings is 1. The zero-order chi connectivity index (χ0) is 15.9. The molecule has 2 aromatic rings. The Morgan fingerprint density at radius 1 is 1.39 bits per heavy atom. The molecule has 23 heavy (non-hydrogen) atoms. The van der Waals surface area contributed by atoms with Crippen LogP contribution in [0, 0.1) is 11.3 Å². The van der Waals surface area contributed by atoms with Crippen molar-refractivity contribution in [3.05, 3.63) is 42.1 Å². The van der Waals surface area contributed by atoms with Crippen molar-refractivity contribution < 1.29 is 4.79 Å². The average molecular weight is 311 g/mol. The molecule has 1 aromatic carbocycles. The van der Waals surface area contributed by atoms with Gasteiger partial charge in [0, 0.05) is 26.2 Å². The lowest BCUT2D eigenvalue weighted by molar-refractivity contribution is -0.121. The van der Waals surface area contributed by atoms with Crippen molar-refractivity contribution in [2.24, 2.45) is 11.3 Å². The lowest BCUT2D eigenvalue weighted by Crippen LogP contribution is -2.32. The van der Waals surface area contributed by atoms with E-state index in [1.807, 2.05) is 13.0 Å². The van der Waals surface area contributed by atoms with Crippen molar-refractivity contribution >= 4 is 11.7 Å². The monoisotopic (exact) mass is 311 g/mol. The molecule has 120 valence electrons. The lowest BCUT2D eigenvalue weighted by Gasteiger charge is -2.20. The minimum atomic E-state index is -0.217. The van der Waals surface area contributed by atoms with Crippen molar-refractivity contribution in [2.75, 3.05) is 18.4 Å². The number of hydrogen-bond donors (Lipinski definition) is 1. The first-order valence-corrected chi connectivity index (χ1v) is 8.17. The third kappa shape index (κ3) is 2.63. The van der Waals surface area contributed by atoms with Crippen LogP contribution in [0.15, 0.2) is 36.5 Å². The van der Waals surface area contributed by atoms with Gasteiger partial charge in [-0.25, -0.2) is 0 Å². The van der Waals surface area contributed by atoms with Crippen molar-refractivity contribution in [3.8, 4) is 0 Å². The predicted octanol–water partition coefficient (Wildman–Crippen LogP) is 1.76. The van der Waals surface area contributed by atoms with Gasteiger partial charge in [0.1, 0.15) is 0 Å². The van der Waals surface area contributed by atoms with E-state index < -0.39 is 0 Å². The van der Waals surface area contributed by atoms with Crippen LogP contribution in [0.4, 0.5) is 5.82 Å². The van der Waals surface area contributed by atoms with Crippen LogP contribution in [-0.2, 0) is 17.9 Å². The fourth-order valence-electron chi connectivity index (χ4n) is 3.65. The molecule has 6 nitrogen and oxygen atoms in total. The van der Waals surface area contributed by atoms with Gasteiger partial charge in [-0.3, -0.25) is 14.4 Å². The number of amides is 1. The van der Waals surface area contributed by atoms with Gasteiger partial charge in [-0.15, -0.1) is 5.10 Å². The molecule has 2 heterocycles. The third-order valence-electron chi connectivity index (χ3n) is 5.02. The summed E-state index contributed by atoms with van der Waals surface area (Å²) in [6, 6.07) is 10.4. The van der Waals surface area contributed by atoms with E-state index >= 15 is 0 Å². The van der Waals surface area contributed by atoms with Gasteiger partial charge in [-0.1, -0.05) is 35.5 Å². The third-order valence-corrected chi connectivity index (χ3v) is 5.02. The summed E-state index contributed by atoms with van der Waals surface area (Å²) in [6.45, 7) is 5.50. The maximum atomic E-state index is 12.7. The van der Waals surface area contributed by atoms with Gasteiger partial charge in [-0.2, -0.15) is 0 Å². The van der Waals surface area contributed by atoms with Gasteiger partial charge in [0.05, 0.1) is 11.6 Å². The summed E-state index contributed by atoms with van der Waals surface area (Å²) in [4.78, 5) is 15.0. The van der Waals surface area contributed by atoms with Crippen molar-refractivity contribution in [1.29, 1.82) is 0 Å². The Morgan fingerprint density at radius 2 is 2.22 bits per heavy atom. The highest BCUT2D eigenvalue weighted by atomic mass is 16.2. The summed E-state index contributed by atoms with van der Waals surface area (Å²) in [5, 5.41) is 10.9. The molecule has 1 amide bonds. The highest BCUT2D eigenvalue weighted by Crippen LogP contribution is 2.58. The fraction of sp³-hybridized carbons (Fsp3) is 0.471. The van der Waals surface area contributed by atoms with E-state index in [2.05, 4.69) is 44.8 Å². The van der Waals surface area contributed by atoms with Crippen LogP contribution >= 0.6 is 0 Å². The summed E-state index contributed by atoms with van der Waals surface area (Å²) < 4.78 is 1.72. The number of hydrogen-bond acceptors (Lipinski definition) is 4. The molecule has 1 saturated heterocycles. The Kier molecular flexibility index (Phi) is 3.41. The van der Waals surface area contributed by atoms with Gasteiger partial charge in [-0.05, 0) is 24.8 Å². The number of likely N-dealkylation sites (tertiary alicyclic amines) is 1. The maximum absolute atomic E-state index is 12.7. The smallest absolute Gasteiger partial charge is 0.233 e. The Balaban J connectivity index is 1.39. The van der Waals surface area contributed by atoms with Crippen LogP contribution in [0.1, 0.15) is 18.9 Å². The number of fused-ring (bicyclic) bond motifs is 1. The molecule has 2 atom stereocenters. The molecule has 1 aliphatic carbocycles. The van der Waals surface area contributed by atoms with Gasteiger partial charge in [0.25, 0.3) is 0 Å². The van der Waals surface area contributed by atoms with E-state index in [0.29, 0.717) is 11.7 Å².